The standard InChI is InChI=1S/C22H20N4O2S/c1-13-18(14(2)26-25-13)11-15-7-9-17(10-8-15)23-22(29)24-21(27)20-12-16-5-3-4-6-19(16)28-20/h3-10,12H,11H2,1-2H3,(H,25,26)(H2,23,24,27,29). The van der Waals surface area contributed by atoms with Crippen molar-refractivity contribution >= 4 is 39.9 Å². The van der Waals surface area contributed by atoms with Gasteiger partial charge in [0.1, 0.15) is 5.58 Å². The first kappa shape index (κ1) is 18.9. The van der Waals surface area contributed by atoms with Gasteiger partial charge in [0.25, 0.3) is 5.91 Å². The number of fused-ring (bicyclic) bond motifs is 1. The SMILES string of the molecule is Cc1n[nH]c(C)c1Cc1ccc(NC(=S)NC(=O)c2cc3ccccc3o2)cc1. The van der Waals surface area contributed by atoms with E-state index >= 15 is 0 Å². The van der Waals surface area contributed by atoms with Crippen molar-refractivity contribution in [2.45, 2.75) is 20.3 Å². The number of rotatable bonds is 4. The molecule has 7 heteroatoms. The molecule has 0 aliphatic carbocycles. The Labute approximate surface area is 173 Å². The number of aryl methyl sites for hydroxylation is 2. The fourth-order valence-corrected chi connectivity index (χ4v) is 3.38. The number of aromatic amines is 1. The van der Waals surface area contributed by atoms with Crippen LogP contribution in [0.3, 0.4) is 0 Å². The van der Waals surface area contributed by atoms with E-state index in [-0.39, 0.29) is 16.8 Å². The Morgan fingerprint density at radius 3 is 2.59 bits per heavy atom. The predicted molar refractivity (Wildman–Crippen MR) is 117 cm³/mol. The van der Waals surface area contributed by atoms with E-state index in [4.69, 9.17) is 16.6 Å². The molecule has 6 nitrogen and oxygen atoms in total. The van der Waals surface area contributed by atoms with Crippen molar-refractivity contribution in [3.63, 3.8) is 0 Å². The molecule has 146 valence electrons. The Morgan fingerprint density at radius 2 is 1.90 bits per heavy atom. The number of benzene rings is 2. The lowest BCUT2D eigenvalue weighted by Gasteiger charge is -2.09. The van der Waals surface area contributed by atoms with Crippen molar-refractivity contribution in [3.8, 4) is 0 Å². The van der Waals surface area contributed by atoms with E-state index in [0.717, 1.165) is 28.9 Å². The van der Waals surface area contributed by atoms with Crippen LogP contribution in [0.4, 0.5) is 5.69 Å². The molecule has 2 heterocycles. The van der Waals surface area contributed by atoms with E-state index in [9.17, 15) is 4.79 Å². The highest BCUT2D eigenvalue weighted by atomic mass is 32.1. The van der Waals surface area contributed by atoms with E-state index in [2.05, 4.69) is 20.8 Å². The first-order chi connectivity index (χ1) is 14.0. The number of furan rings is 1. The van der Waals surface area contributed by atoms with Crippen LogP contribution in [-0.4, -0.2) is 21.2 Å². The number of nitrogens with zero attached hydrogens (tertiary/aromatic N) is 1. The molecule has 0 bridgehead atoms. The summed E-state index contributed by atoms with van der Waals surface area (Å²) in [4.78, 5) is 12.4. The second-order valence-corrected chi connectivity index (χ2v) is 7.25. The molecule has 0 saturated carbocycles. The largest absolute Gasteiger partial charge is 0.451 e. The summed E-state index contributed by atoms with van der Waals surface area (Å²) in [5.41, 5.74) is 5.93. The van der Waals surface area contributed by atoms with Gasteiger partial charge in [0.15, 0.2) is 10.9 Å². The molecule has 1 amide bonds. The van der Waals surface area contributed by atoms with Gasteiger partial charge < -0.3 is 9.73 Å². The van der Waals surface area contributed by atoms with Crippen molar-refractivity contribution in [2.75, 3.05) is 5.32 Å². The molecule has 0 spiro atoms. The van der Waals surface area contributed by atoms with Crippen LogP contribution >= 0.6 is 12.2 Å². The Balaban J connectivity index is 1.37. The average Bonchev–Trinajstić information content (AvgIpc) is 3.28. The number of aromatic nitrogens is 2. The van der Waals surface area contributed by atoms with Crippen molar-refractivity contribution in [2.24, 2.45) is 0 Å². The molecule has 2 aromatic heterocycles. The minimum absolute atomic E-state index is 0.213. The van der Waals surface area contributed by atoms with Gasteiger partial charge in [-0.15, -0.1) is 0 Å². The lowest BCUT2D eigenvalue weighted by molar-refractivity contribution is 0.0953. The minimum atomic E-state index is -0.388. The maximum atomic E-state index is 12.4. The molecule has 0 atom stereocenters. The summed E-state index contributed by atoms with van der Waals surface area (Å²) < 4.78 is 5.56. The maximum Gasteiger partial charge on any atom is 0.293 e. The van der Waals surface area contributed by atoms with Crippen LogP contribution in [0.5, 0.6) is 0 Å². The van der Waals surface area contributed by atoms with Gasteiger partial charge in [-0.05, 0) is 55.9 Å². The third-order valence-electron chi connectivity index (χ3n) is 4.75. The molecule has 0 aliphatic heterocycles. The molecule has 0 saturated heterocycles. The smallest absolute Gasteiger partial charge is 0.293 e. The van der Waals surface area contributed by atoms with Crippen LogP contribution in [0.15, 0.2) is 59.0 Å². The van der Waals surface area contributed by atoms with Gasteiger partial charge in [0.05, 0.1) is 5.69 Å². The van der Waals surface area contributed by atoms with Gasteiger partial charge >= 0.3 is 0 Å². The number of hydrogen-bond acceptors (Lipinski definition) is 4. The number of amides is 1. The van der Waals surface area contributed by atoms with Crippen LogP contribution in [0.25, 0.3) is 11.0 Å². The quantitative estimate of drug-likeness (QED) is 0.437. The van der Waals surface area contributed by atoms with Gasteiger partial charge in [0.2, 0.25) is 0 Å². The van der Waals surface area contributed by atoms with Gasteiger partial charge in [-0.2, -0.15) is 5.10 Å². The zero-order valence-corrected chi connectivity index (χ0v) is 16.9. The zero-order chi connectivity index (χ0) is 20.4. The molecule has 0 fully saturated rings. The summed E-state index contributed by atoms with van der Waals surface area (Å²) in [6.45, 7) is 4.02. The highest BCUT2D eigenvalue weighted by molar-refractivity contribution is 7.80. The topological polar surface area (TPSA) is 83.0 Å². The number of anilines is 1. The lowest BCUT2D eigenvalue weighted by Crippen LogP contribution is -2.33. The summed E-state index contributed by atoms with van der Waals surface area (Å²) in [5.74, 6) is -0.169. The van der Waals surface area contributed by atoms with Crippen molar-refractivity contribution < 1.29 is 9.21 Å². The summed E-state index contributed by atoms with van der Waals surface area (Å²) in [6, 6.07) is 17.1. The van der Waals surface area contributed by atoms with E-state index in [1.165, 1.54) is 11.1 Å². The summed E-state index contributed by atoms with van der Waals surface area (Å²) in [5, 5.41) is 14.0. The van der Waals surface area contributed by atoms with Gasteiger partial charge in [-0.25, -0.2) is 0 Å². The van der Waals surface area contributed by atoms with Gasteiger partial charge in [-0.3, -0.25) is 15.2 Å². The predicted octanol–water partition coefficient (Wildman–Crippen LogP) is 4.49. The Bertz CT molecular complexity index is 1140. The number of thiocarbonyl (C=S) groups is 1. The highest BCUT2D eigenvalue weighted by Gasteiger charge is 2.13. The minimum Gasteiger partial charge on any atom is -0.451 e. The third-order valence-corrected chi connectivity index (χ3v) is 4.95. The molecule has 0 aliphatic rings. The third kappa shape index (κ3) is 4.20. The van der Waals surface area contributed by atoms with Crippen molar-refractivity contribution in [3.05, 3.63) is 82.9 Å². The van der Waals surface area contributed by atoms with Gasteiger partial charge in [0, 0.05) is 28.8 Å². The molecule has 0 unspecified atom stereocenters. The first-order valence-electron chi connectivity index (χ1n) is 9.20. The average molecular weight is 404 g/mol. The zero-order valence-electron chi connectivity index (χ0n) is 16.1. The molecule has 4 aromatic rings. The van der Waals surface area contributed by atoms with E-state index < -0.39 is 0 Å². The molecule has 0 radical (unpaired) electrons. The number of carbonyl (C=O) groups excluding carboxylic acids is 1. The second kappa shape index (κ2) is 7.89. The Hall–Kier alpha value is -3.45. The molecular formula is C22H20N4O2S. The van der Waals surface area contributed by atoms with Crippen LogP contribution < -0.4 is 10.6 Å². The lowest BCUT2D eigenvalue weighted by atomic mass is 10.0. The Kier molecular flexibility index (Phi) is 5.14. The van der Waals surface area contributed by atoms with Crippen LogP contribution in [0.1, 0.15) is 33.1 Å². The van der Waals surface area contributed by atoms with E-state index in [0.29, 0.717) is 5.58 Å². The van der Waals surface area contributed by atoms with Crippen LogP contribution in [0, 0.1) is 13.8 Å². The van der Waals surface area contributed by atoms with Gasteiger partial charge in [-0.1, -0.05) is 30.3 Å². The second-order valence-electron chi connectivity index (χ2n) is 6.84. The normalized spacial score (nSPS) is 10.8. The molecule has 29 heavy (non-hydrogen) atoms. The molecule has 4 rings (SSSR count). The van der Waals surface area contributed by atoms with Crippen LogP contribution in [0.2, 0.25) is 0 Å². The highest BCUT2D eigenvalue weighted by Crippen LogP contribution is 2.19. The number of para-hydroxylation sites is 1. The van der Waals surface area contributed by atoms with E-state index in [1.807, 2.05) is 62.4 Å². The summed E-state index contributed by atoms with van der Waals surface area (Å²) >= 11 is 5.26. The number of carbonyl (C=O) groups is 1. The summed E-state index contributed by atoms with van der Waals surface area (Å²) in [6.07, 6.45) is 0.807. The number of H-pyrrole nitrogens is 1. The maximum absolute atomic E-state index is 12.4. The fourth-order valence-electron chi connectivity index (χ4n) is 3.17. The van der Waals surface area contributed by atoms with E-state index in [1.54, 1.807) is 6.07 Å². The first-order valence-corrected chi connectivity index (χ1v) is 9.61. The van der Waals surface area contributed by atoms with Crippen molar-refractivity contribution in [1.82, 2.24) is 15.5 Å². The number of nitrogens with one attached hydrogen (secondary N) is 3. The van der Waals surface area contributed by atoms with Crippen LogP contribution in [-0.2, 0) is 6.42 Å². The monoisotopic (exact) mass is 404 g/mol. The Morgan fingerprint density at radius 1 is 1.14 bits per heavy atom. The fraction of sp³-hybridized carbons (Fsp3) is 0.136. The van der Waals surface area contributed by atoms with Crippen molar-refractivity contribution in [1.29, 1.82) is 0 Å². The molecule has 3 N–H and O–H groups in total. The molecular weight excluding hydrogens is 384 g/mol. The summed E-state index contributed by atoms with van der Waals surface area (Å²) in [7, 11) is 0. The molecule has 2 aromatic carbocycles. The number of hydrogen-bond donors (Lipinski definition) is 3.